The molecule has 3 aromatic rings. The van der Waals surface area contributed by atoms with E-state index in [2.05, 4.69) is 5.32 Å². The molecule has 4 rings (SSSR count). The Morgan fingerprint density at radius 1 is 1.00 bits per heavy atom. The molecule has 1 amide bonds. The third kappa shape index (κ3) is 4.87. The van der Waals surface area contributed by atoms with Crippen LogP contribution in [0.5, 0.6) is 11.5 Å². The average molecular weight is 504 g/mol. The van der Waals surface area contributed by atoms with Gasteiger partial charge in [0.05, 0.1) is 30.4 Å². The van der Waals surface area contributed by atoms with Crippen LogP contribution < -0.4 is 14.8 Å². The molecule has 188 valence electrons. The normalized spacial score (nSPS) is 14.6. The Balaban J connectivity index is 1.75. The zero-order chi connectivity index (χ0) is 26.7. The molecule has 1 heterocycles. The number of methoxy groups -OCH3 is 2. The van der Waals surface area contributed by atoms with E-state index in [4.69, 9.17) is 14.2 Å². The molecule has 0 bridgehead atoms. The number of hydrogen-bond acceptors (Lipinski definition) is 9. The van der Waals surface area contributed by atoms with Gasteiger partial charge < -0.3 is 19.5 Å². The Kier molecular flexibility index (Phi) is 6.96. The fourth-order valence-electron chi connectivity index (χ4n) is 4.00. The number of anilines is 1. The van der Waals surface area contributed by atoms with Crippen molar-refractivity contribution in [2.24, 2.45) is 5.92 Å². The van der Waals surface area contributed by atoms with E-state index in [1.165, 1.54) is 56.7 Å². The Hall–Kier alpha value is -5.06. The molecule has 0 saturated heterocycles. The summed E-state index contributed by atoms with van der Waals surface area (Å²) in [6, 6.07) is 15.4. The minimum Gasteiger partial charge on any atom is -0.497 e. The van der Waals surface area contributed by atoms with Crippen LogP contribution in [0.3, 0.4) is 0 Å². The zero-order valence-electron chi connectivity index (χ0n) is 19.6. The van der Waals surface area contributed by atoms with Crippen LogP contribution in [-0.2, 0) is 14.3 Å². The van der Waals surface area contributed by atoms with Gasteiger partial charge in [-0.3, -0.25) is 24.5 Å². The number of benzene rings is 3. The summed E-state index contributed by atoms with van der Waals surface area (Å²) in [5.41, 5.74) is -0.0832. The second-order valence-corrected chi connectivity index (χ2v) is 7.95. The van der Waals surface area contributed by atoms with Crippen LogP contribution in [0.15, 0.2) is 66.7 Å². The Bertz CT molecular complexity index is 1430. The standard InChI is InChI=1S/C26H20N2O9/c1-35-16-10-11-20(36-2)19(13-16)27-25(31)23(30)21(22(29)14-6-5-7-15(12-14)28(33)34)24-17-8-3-4-9-18(17)26(32)37-24/h3-13,21,24H,1-2H3,(H,27,31)/t21-,24+/m0/s1. The van der Waals surface area contributed by atoms with Crippen molar-refractivity contribution in [3.8, 4) is 11.5 Å². The second kappa shape index (κ2) is 10.3. The molecule has 1 N–H and O–H groups in total. The number of amides is 1. The van der Waals surface area contributed by atoms with Crippen molar-refractivity contribution in [2.45, 2.75) is 6.10 Å². The van der Waals surface area contributed by atoms with E-state index >= 15 is 0 Å². The summed E-state index contributed by atoms with van der Waals surface area (Å²) >= 11 is 0. The number of ether oxygens (including phenoxy) is 3. The second-order valence-electron chi connectivity index (χ2n) is 7.95. The van der Waals surface area contributed by atoms with Gasteiger partial charge in [0.15, 0.2) is 5.78 Å². The number of nitrogens with one attached hydrogen (secondary N) is 1. The number of hydrogen-bond donors (Lipinski definition) is 1. The molecule has 0 aliphatic carbocycles. The third-order valence-corrected chi connectivity index (χ3v) is 5.81. The number of nitro benzene ring substituents is 1. The first-order valence-corrected chi connectivity index (χ1v) is 10.9. The highest BCUT2D eigenvalue weighted by Crippen LogP contribution is 2.39. The number of carbonyl (C=O) groups is 4. The summed E-state index contributed by atoms with van der Waals surface area (Å²) in [6.07, 6.45) is -1.42. The molecule has 0 aromatic heterocycles. The lowest BCUT2D eigenvalue weighted by Gasteiger charge is -2.21. The van der Waals surface area contributed by atoms with Crippen LogP contribution in [0, 0.1) is 16.0 Å². The molecule has 11 nitrogen and oxygen atoms in total. The van der Waals surface area contributed by atoms with E-state index in [-0.39, 0.29) is 33.8 Å². The van der Waals surface area contributed by atoms with Crippen LogP contribution in [0.2, 0.25) is 0 Å². The highest BCUT2D eigenvalue weighted by atomic mass is 16.6. The van der Waals surface area contributed by atoms with Crippen molar-refractivity contribution in [1.82, 2.24) is 0 Å². The number of Topliss-reactive ketones (excluding diaryl/α,β-unsaturated/α-hetero) is 2. The first-order chi connectivity index (χ1) is 17.7. The lowest BCUT2D eigenvalue weighted by molar-refractivity contribution is -0.384. The highest BCUT2D eigenvalue weighted by molar-refractivity contribution is 6.45. The maximum absolute atomic E-state index is 13.6. The van der Waals surface area contributed by atoms with Crippen LogP contribution in [0.1, 0.15) is 32.4 Å². The van der Waals surface area contributed by atoms with Crippen LogP contribution >= 0.6 is 0 Å². The first kappa shape index (κ1) is 25.0. The summed E-state index contributed by atoms with van der Waals surface area (Å²) in [5.74, 6) is -5.30. The van der Waals surface area contributed by atoms with Crippen LogP contribution in [0.4, 0.5) is 11.4 Å². The number of fused-ring (bicyclic) bond motifs is 1. The average Bonchev–Trinajstić information content (AvgIpc) is 3.24. The number of nitro groups is 1. The van der Waals surface area contributed by atoms with E-state index in [1.54, 1.807) is 18.2 Å². The smallest absolute Gasteiger partial charge is 0.339 e. The van der Waals surface area contributed by atoms with Crippen LogP contribution in [-0.4, -0.2) is 42.6 Å². The summed E-state index contributed by atoms with van der Waals surface area (Å²) in [7, 11) is 2.78. The molecule has 0 unspecified atom stereocenters. The van der Waals surface area contributed by atoms with Gasteiger partial charge in [0.25, 0.3) is 11.6 Å². The van der Waals surface area contributed by atoms with Crippen molar-refractivity contribution in [3.63, 3.8) is 0 Å². The molecule has 11 heteroatoms. The summed E-state index contributed by atoms with van der Waals surface area (Å²) in [6.45, 7) is 0. The third-order valence-electron chi connectivity index (χ3n) is 5.81. The van der Waals surface area contributed by atoms with Gasteiger partial charge in [-0.05, 0) is 18.2 Å². The quantitative estimate of drug-likeness (QED) is 0.115. The minimum absolute atomic E-state index is 0.102. The molecule has 0 radical (unpaired) electrons. The number of nitrogens with zero attached hydrogens (tertiary/aromatic N) is 1. The van der Waals surface area contributed by atoms with E-state index in [0.29, 0.717) is 5.75 Å². The van der Waals surface area contributed by atoms with Crippen molar-refractivity contribution in [1.29, 1.82) is 0 Å². The maximum atomic E-state index is 13.6. The number of rotatable bonds is 9. The van der Waals surface area contributed by atoms with Crippen molar-refractivity contribution in [2.75, 3.05) is 19.5 Å². The SMILES string of the molecule is COc1ccc(OC)c(NC(=O)C(=O)[C@H](C(=O)c2cccc([N+](=O)[O-])c2)[C@@H]2OC(=O)c3ccccc32)c1. The zero-order valence-corrected chi connectivity index (χ0v) is 19.6. The minimum atomic E-state index is -1.81. The molecular formula is C26H20N2O9. The van der Waals surface area contributed by atoms with Gasteiger partial charge in [-0.2, -0.15) is 0 Å². The van der Waals surface area contributed by atoms with Crippen molar-refractivity contribution in [3.05, 3.63) is 93.5 Å². The topological polar surface area (TPSA) is 151 Å². The molecule has 0 fully saturated rings. The van der Waals surface area contributed by atoms with E-state index in [1.807, 2.05) is 0 Å². The molecule has 2 atom stereocenters. The number of cyclic esters (lactones) is 1. The predicted octanol–water partition coefficient (Wildman–Crippen LogP) is 3.53. The fraction of sp³-hybridized carbons (Fsp3) is 0.154. The number of non-ortho nitro benzene ring substituents is 1. The highest BCUT2D eigenvalue weighted by Gasteiger charge is 2.46. The van der Waals surface area contributed by atoms with Gasteiger partial charge in [0, 0.05) is 29.3 Å². The number of esters is 1. The molecule has 0 spiro atoms. The summed E-state index contributed by atoms with van der Waals surface area (Å²) in [5, 5.41) is 13.7. The summed E-state index contributed by atoms with van der Waals surface area (Å²) < 4.78 is 15.7. The summed E-state index contributed by atoms with van der Waals surface area (Å²) in [4.78, 5) is 63.2. The molecule has 1 aliphatic rings. The Labute approximate surface area is 210 Å². The van der Waals surface area contributed by atoms with Gasteiger partial charge in [0.1, 0.15) is 23.5 Å². The van der Waals surface area contributed by atoms with E-state index < -0.39 is 40.4 Å². The number of carbonyl (C=O) groups excluding carboxylic acids is 4. The lowest BCUT2D eigenvalue weighted by Crippen LogP contribution is -2.38. The molecule has 0 saturated carbocycles. The molecule has 1 aliphatic heterocycles. The van der Waals surface area contributed by atoms with E-state index in [0.717, 1.165) is 6.07 Å². The fourth-order valence-corrected chi connectivity index (χ4v) is 4.00. The van der Waals surface area contributed by atoms with Gasteiger partial charge >= 0.3 is 5.97 Å². The van der Waals surface area contributed by atoms with Crippen LogP contribution in [0.25, 0.3) is 0 Å². The predicted molar refractivity (Wildman–Crippen MR) is 129 cm³/mol. The lowest BCUT2D eigenvalue weighted by atomic mass is 9.84. The molecule has 37 heavy (non-hydrogen) atoms. The first-order valence-electron chi connectivity index (χ1n) is 10.9. The molecular weight excluding hydrogens is 484 g/mol. The van der Waals surface area contributed by atoms with Gasteiger partial charge in [0.2, 0.25) is 5.78 Å². The van der Waals surface area contributed by atoms with E-state index in [9.17, 15) is 29.3 Å². The van der Waals surface area contributed by atoms with Crippen molar-refractivity contribution < 1.29 is 38.3 Å². The van der Waals surface area contributed by atoms with Gasteiger partial charge in [-0.25, -0.2) is 4.79 Å². The Morgan fingerprint density at radius 3 is 2.46 bits per heavy atom. The number of ketones is 2. The monoisotopic (exact) mass is 504 g/mol. The maximum Gasteiger partial charge on any atom is 0.339 e. The van der Waals surface area contributed by atoms with Gasteiger partial charge in [-0.15, -0.1) is 0 Å². The molecule has 3 aromatic carbocycles. The Morgan fingerprint density at radius 2 is 1.76 bits per heavy atom. The van der Waals surface area contributed by atoms with Gasteiger partial charge in [-0.1, -0.05) is 30.3 Å². The largest absolute Gasteiger partial charge is 0.497 e. The van der Waals surface area contributed by atoms with Crippen molar-refractivity contribution >= 4 is 34.8 Å².